The van der Waals surface area contributed by atoms with E-state index in [-0.39, 0.29) is 16.3 Å². The highest BCUT2D eigenvalue weighted by Crippen LogP contribution is 2.26. The van der Waals surface area contributed by atoms with Crippen LogP contribution in [-0.4, -0.2) is 24.7 Å². The van der Waals surface area contributed by atoms with Gasteiger partial charge in [0.1, 0.15) is 16.0 Å². The number of thiophene rings is 1. The zero-order valence-electron chi connectivity index (χ0n) is 9.78. The smallest absolute Gasteiger partial charge is 0.347 e. The molecule has 0 amide bonds. The number of aromatic nitrogens is 1. The fourth-order valence-electron chi connectivity index (χ4n) is 1.48. The molecule has 2 aromatic heterocycles. The van der Waals surface area contributed by atoms with Crippen LogP contribution in [0.2, 0.25) is 0 Å². The normalized spacial score (nSPS) is 11.6. The molecule has 0 aliphatic carbocycles. The topological polar surface area (TPSA) is 110 Å². The second-order valence-electron chi connectivity index (χ2n) is 3.70. The fourth-order valence-corrected chi connectivity index (χ4v) is 4.11. The molecule has 0 aliphatic heterocycles. The number of nitrogens with zero attached hydrogens (tertiary/aromatic N) is 1. The quantitative estimate of drug-likeness (QED) is 0.859. The SMILES string of the molecule is Cc1csc(C(=O)O)c1S(=O)(=O)NCc1ccon1. The van der Waals surface area contributed by atoms with Gasteiger partial charge < -0.3 is 9.63 Å². The summed E-state index contributed by atoms with van der Waals surface area (Å²) in [5.74, 6) is -1.26. The molecule has 2 rings (SSSR count). The van der Waals surface area contributed by atoms with E-state index in [0.29, 0.717) is 11.3 Å². The molecule has 9 heteroatoms. The summed E-state index contributed by atoms with van der Waals surface area (Å²) < 4.78 is 31.1. The predicted molar refractivity (Wildman–Crippen MR) is 66.5 cm³/mol. The first-order chi connectivity index (χ1) is 8.92. The number of rotatable bonds is 5. The van der Waals surface area contributed by atoms with Crippen molar-refractivity contribution in [2.75, 3.05) is 0 Å². The minimum atomic E-state index is -3.90. The predicted octanol–water partition coefficient (Wildman–Crippen LogP) is 1.22. The minimum Gasteiger partial charge on any atom is -0.477 e. The Kier molecular flexibility index (Phi) is 3.69. The van der Waals surface area contributed by atoms with Crippen LogP contribution in [0.1, 0.15) is 20.9 Å². The van der Waals surface area contributed by atoms with Crippen LogP contribution in [0.25, 0.3) is 0 Å². The Balaban J connectivity index is 2.29. The third-order valence-electron chi connectivity index (χ3n) is 2.32. The molecule has 7 nitrogen and oxygen atoms in total. The van der Waals surface area contributed by atoms with Crippen molar-refractivity contribution in [2.24, 2.45) is 0 Å². The number of aromatic carboxylic acids is 1. The van der Waals surface area contributed by atoms with Crippen molar-refractivity contribution in [1.29, 1.82) is 0 Å². The first-order valence-electron chi connectivity index (χ1n) is 5.12. The Labute approximate surface area is 112 Å². The van der Waals surface area contributed by atoms with Crippen LogP contribution >= 0.6 is 11.3 Å². The lowest BCUT2D eigenvalue weighted by Crippen LogP contribution is -2.25. The lowest BCUT2D eigenvalue weighted by molar-refractivity contribution is 0.0698. The van der Waals surface area contributed by atoms with Crippen molar-refractivity contribution in [3.8, 4) is 0 Å². The molecule has 0 radical (unpaired) electrons. The minimum absolute atomic E-state index is 0.0623. The molecule has 0 bridgehead atoms. The number of hydrogen-bond acceptors (Lipinski definition) is 6. The van der Waals surface area contributed by atoms with E-state index in [1.807, 2.05) is 0 Å². The molecular weight excluding hydrogens is 292 g/mol. The summed E-state index contributed by atoms with van der Waals surface area (Å²) in [7, 11) is -3.90. The van der Waals surface area contributed by atoms with Crippen LogP contribution < -0.4 is 4.72 Å². The molecular formula is C10H10N2O5S2. The van der Waals surface area contributed by atoms with Gasteiger partial charge in [-0.05, 0) is 17.9 Å². The number of sulfonamides is 1. The molecule has 2 heterocycles. The maximum Gasteiger partial charge on any atom is 0.347 e. The highest BCUT2D eigenvalue weighted by molar-refractivity contribution is 7.89. The summed E-state index contributed by atoms with van der Waals surface area (Å²) in [4.78, 5) is 10.6. The van der Waals surface area contributed by atoms with Gasteiger partial charge in [0.15, 0.2) is 0 Å². The summed E-state index contributed by atoms with van der Waals surface area (Å²) >= 11 is 0.882. The van der Waals surface area contributed by atoms with Gasteiger partial charge in [0.25, 0.3) is 0 Å². The zero-order valence-corrected chi connectivity index (χ0v) is 11.4. The third-order valence-corrected chi connectivity index (χ3v) is 5.12. The van der Waals surface area contributed by atoms with E-state index < -0.39 is 16.0 Å². The molecule has 2 N–H and O–H groups in total. The molecule has 0 fully saturated rings. The van der Waals surface area contributed by atoms with Crippen LogP contribution in [0.5, 0.6) is 0 Å². The highest BCUT2D eigenvalue weighted by Gasteiger charge is 2.26. The maximum absolute atomic E-state index is 12.1. The van der Waals surface area contributed by atoms with Gasteiger partial charge in [-0.15, -0.1) is 11.3 Å². The third kappa shape index (κ3) is 2.83. The van der Waals surface area contributed by atoms with Crippen molar-refractivity contribution in [2.45, 2.75) is 18.4 Å². The van der Waals surface area contributed by atoms with Gasteiger partial charge in [-0.25, -0.2) is 17.9 Å². The average Bonchev–Trinajstić information content (AvgIpc) is 2.95. The molecule has 0 saturated heterocycles. The van der Waals surface area contributed by atoms with Crippen LogP contribution in [-0.2, 0) is 16.6 Å². The van der Waals surface area contributed by atoms with E-state index in [1.165, 1.54) is 17.7 Å². The van der Waals surface area contributed by atoms with E-state index in [1.54, 1.807) is 6.92 Å². The zero-order chi connectivity index (χ0) is 14.0. The first-order valence-corrected chi connectivity index (χ1v) is 7.48. The molecule has 0 atom stereocenters. The lowest BCUT2D eigenvalue weighted by Gasteiger charge is -2.06. The molecule has 0 unspecified atom stereocenters. The molecule has 102 valence electrons. The van der Waals surface area contributed by atoms with Gasteiger partial charge in [0.2, 0.25) is 10.0 Å². The Hall–Kier alpha value is -1.71. The maximum atomic E-state index is 12.1. The number of carboxylic acids is 1. The number of aryl methyl sites for hydroxylation is 1. The Morgan fingerprint density at radius 1 is 1.58 bits per heavy atom. The van der Waals surface area contributed by atoms with E-state index in [4.69, 9.17) is 5.11 Å². The molecule has 0 aromatic carbocycles. The van der Waals surface area contributed by atoms with Crippen molar-refractivity contribution >= 4 is 27.3 Å². The summed E-state index contributed by atoms with van der Waals surface area (Å²) in [6.45, 7) is 1.49. The summed E-state index contributed by atoms with van der Waals surface area (Å²) in [6.07, 6.45) is 1.32. The van der Waals surface area contributed by atoms with E-state index in [0.717, 1.165) is 11.3 Å². The van der Waals surface area contributed by atoms with Gasteiger partial charge in [0, 0.05) is 6.07 Å². The van der Waals surface area contributed by atoms with Gasteiger partial charge in [-0.3, -0.25) is 0 Å². The number of carboxylic acid groups (broad SMARTS) is 1. The molecule has 0 spiro atoms. The van der Waals surface area contributed by atoms with Crippen LogP contribution in [0, 0.1) is 6.92 Å². The summed E-state index contributed by atoms with van der Waals surface area (Å²) in [5, 5.41) is 14.0. The standard InChI is InChI=1S/C10H10N2O5S2/c1-6-5-18-8(10(13)14)9(6)19(15,16)11-4-7-2-3-17-12-7/h2-3,5,11H,4H2,1H3,(H,13,14). The van der Waals surface area contributed by atoms with E-state index in [2.05, 4.69) is 14.4 Å². The summed E-state index contributed by atoms with van der Waals surface area (Å²) in [5.41, 5.74) is 0.809. The monoisotopic (exact) mass is 302 g/mol. The fraction of sp³-hybridized carbons (Fsp3) is 0.200. The van der Waals surface area contributed by atoms with Crippen LogP contribution in [0.15, 0.2) is 27.1 Å². The molecule has 0 saturated carbocycles. The molecule has 0 aliphatic rings. The Morgan fingerprint density at radius 2 is 2.32 bits per heavy atom. The first kappa shape index (κ1) is 13.7. The molecule has 19 heavy (non-hydrogen) atoms. The lowest BCUT2D eigenvalue weighted by atomic mass is 10.3. The van der Waals surface area contributed by atoms with E-state index >= 15 is 0 Å². The van der Waals surface area contributed by atoms with Gasteiger partial charge in [-0.2, -0.15) is 0 Å². The van der Waals surface area contributed by atoms with Crippen LogP contribution in [0.4, 0.5) is 0 Å². The van der Waals surface area contributed by atoms with Gasteiger partial charge in [0.05, 0.1) is 12.2 Å². The van der Waals surface area contributed by atoms with Gasteiger partial charge in [-0.1, -0.05) is 5.16 Å². The number of carbonyl (C=O) groups is 1. The Bertz CT molecular complexity index is 688. The van der Waals surface area contributed by atoms with Crippen LogP contribution in [0.3, 0.4) is 0 Å². The number of hydrogen-bond donors (Lipinski definition) is 2. The largest absolute Gasteiger partial charge is 0.477 e. The number of nitrogens with one attached hydrogen (secondary N) is 1. The second-order valence-corrected chi connectivity index (χ2v) is 6.28. The molecule has 2 aromatic rings. The van der Waals surface area contributed by atoms with Crippen molar-refractivity contribution in [3.63, 3.8) is 0 Å². The Morgan fingerprint density at radius 3 is 2.89 bits per heavy atom. The summed E-state index contributed by atoms with van der Waals surface area (Å²) in [6, 6.07) is 1.51. The van der Waals surface area contributed by atoms with Crippen molar-refractivity contribution < 1.29 is 22.8 Å². The van der Waals surface area contributed by atoms with Gasteiger partial charge >= 0.3 is 5.97 Å². The average molecular weight is 302 g/mol. The van der Waals surface area contributed by atoms with Crippen molar-refractivity contribution in [3.05, 3.63) is 33.8 Å². The second kappa shape index (κ2) is 5.11. The highest BCUT2D eigenvalue weighted by atomic mass is 32.2. The van der Waals surface area contributed by atoms with Crippen molar-refractivity contribution in [1.82, 2.24) is 9.88 Å². The van der Waals surface area contributed by atoms with E-state index in [9.17, 15) is 13.2 Å².